The molecular weight excluding hydrogens is 254 g/mol. The molecule has 4 heteroatoms. The lowest BCUT2D eigenvalue weighted by molar-refractivity contribution is -0.903. The van der Waals surface area contributed by atoms with E-state index in [9.17, 15) is 0 Å². The molecular formula is C15H24N3S+. The fraction of sp³-hybridized carbons (Fsp3) is 0.533. The smallest absolute Gasteiger partial charge is 0.171 e. The Morgan fingerprint density at radius 1 is 1.26 bits per heavy atom. The highest BCUT2D eigenvalue weighted by atomic mass is 32.1. The molecule has 1 aliphatic rings. The molecule has 3 N–H and O–H groups in total. The largest absolute Gasteiger partial charge is 0.359 e. The SMILES string of the molecule is CC[NH+]1CCC(NC(=S)Nc2ccc(C)cc2)CC1. The van der Waals surface area contributed by atoms with Gasteiger partial charge in [0.15, 0.2) is 5.11 Å². The Morgan fingerprint density at radius 2 is 1.89 bits per heavy atom. The molecule has 1 aromatic rings. The fourth-order valence-corrected chi connectivity index (χ4v) is 2.80. The number of likely N-dealkylation sites (tertiary alicyclic amines) is 1. The Morgan fingerprint density at radius 3 is 2.47 bits per heavy atom. The summed E-state index contributed by atoms with van der Waals surface area (Å²) in [7, 11) is 0. The van der Waals surface area contributed by atoms with Gasteiger partial charge in [-0.3, -0.25) is 0 Å². The van der Waals surface area contributed by atoms with Crippen LogP contribution in [0.25, 0.3) is 0 Å². The van der Waals surface area contributed by atoms with Gasteiger partial charge in [0.2, 0.25) is 0 Å². The summed E-state index contributed by atoms with van der Waals surface area (Å²) in [6.07, 6.45) is 2.41. The number of hydrogen-bond acceptors (Lipinski definition) is 1. The number of aryl methyl sites for hydroxylation is 1. The maximum Gasteiger partial charge on any atom is 0.171 e. The topological polar surface area (TPSA) is 28.5 Å². The number of rotatable bonds is 3. The zero-order chi connectivity index (χ0) is 13.7. The van der Waals surface area contributed by atoms with Gasteiger partial charge in [-0.15, -0.1) is 0 Å². The van der Waals surface area contributed by atoms with Crippen LogP contribution in [0.3, 0.4) is 0 Å². The lowest BCUT2D eigenvalue weighted by Gasteiger charge is -2.29. The summed E-state index contributed by atoms with van der Waals surface area (Å²) in [5.74, 6) is 0. The first-order chi connectivity index (χ1) is 9.17. The number of benzene rings is 1. The number of hydrogen-bond donors (Lipinski definition) is 3. The molecule has 0 amide bonds. The maximum atomic E-state index is 5.38. The molecule has 1 saturated heterocycles. The molecule has 0 saturated carbocycles. The van der Waals surface area contributed by atoms with Crippen LogP contribution in [0.5, 0.6) is 0 Å². The molecule has 1 fully saturated rings. The van der Waals surface area contributed by atoms with Gasteiger partial charge in [-0.05, 0) is 38.2 Å². The van der Waals surface area contributed by atoms with E-state index in [4.69, 9.17) is 12.2 Å². The van der Waals surface area contributed by atoms with Crippen LogP contribution in [0.1, 0.15) is 25.3 Å². The molecule has 0 atom stereocenters. The van der Waals surface area contributed by atoms with Crippen LogP contribution in [0.15, 0.2) is 24.3 Å². The second kappa shape index (κ2) is 6.87. The van der Waals surface area contributed by atoms with E-state index in [1.165, 1.54) is 38.0 Å². The van der Waals surface area contributed by atoms with Crippen LogP contribution in [0, 0.1) is 6.92 Å². The fourth-order valence-electron chi connectivity index (χ4n) is 2.51. The predicted molar refractivity (Wildman–Crippen MR) is 84.8 cm³/mol. The minimum Gasteiger partial charge on any atom is -0.359 e. The Balaban J connectivity index is 1.77. The Kier molecular flexibility index (Phi) is 5.16. The van der Waals surface area contributed by atoms with Crippen molar-refractivity contribution in [1.82, 2.24) is 5.32 Å². The number of anilines is 1. The van der Waals surface area contributed by atoms with Crippen molar-refractivity contribution >= 4 is 23.0 Å². The van der Waals surface area contributed by atoms with Gasteiger partial charge in [0, 0.05) is 24.6 Å². The first-order valence-corrected chi connectivity index (χ1v) is 7.56. The Hall–Kier alpha value is -1.13. The van der Waals surface area contributed by atoms with Crippen molar-refractivity contribution in [3.63, 3.8) is 0 Å². The van der Waals surface area contributed by atoms with E-state index in [-0.39, 0.29) is 0 Å². The average Bonchev–Trinajstić information content (AvgIpc) is 2.42. The third kappa shape index (κ3) is 4.48. The minimum atomic E-state index is 0.528. The molecule has 0 unspecified atom stereocenters. The highest BCUT2D eigenvalue weighted by Crippen LogP contribution is 2.09. The molecule has 0 spiro atoms. The molecule has 0 radical (unpaired) electrons. The van der Waals surface area contributed by atoms with Crippen LogP contribution in [-0.4, -0.2) is 30.8 Å². The second-order valence-corrected chi connectivity index (χ2v) is 5.75. The molecule has 1 aliphatic heterocycles. The predicted octanol–water partition coefficient (Wildman–Crippen LogP) is 1.35. The van der Waals surface area contributed by atoms with E-state index in [2.05, 4.69) is 48.7 Å². The Labute approximate surface area is 121 Å². The number of quaternary nitrogens is 1. The normalized spacial score (nSPS) is 22.8. The summed E-state index contributed by atoms with van der Waals surface area (Å²) in [4.78, 5) is 1.70. The zero-order valence-corrected chi connectivity index (χ0v) is 12.6. The number of thiocarbonyl (C=S) groups is 1. The van der Waals surface area contributed by atoms with E-state index >= 15 is 0 Å². The van der Waals surface area contributed by atoms with E-state index < -0.39 is 0 Å². The quantitative estimate of drug-likeness (QED) is 0.729. The Bertz CT molecular complexity index is 408. The van der Waals surface area contributed by atoms with E-state index in [0.29, 0.717) is 6.04 Å². The van der Waals surface area contributed by atoms with Gasteiger partial charge in [0.25, 0.3) is 0 Å². The number of nitrogens with one attached hydrogen (secondary N) is 3. The van der Waals surface area contributed by atoms with Crippen LogP contribution in [-0.2, 0) is 0 Å². The van der Waals surface area contributed by atoms with E-state index in [1.54, 1.807) is 4.90 Å². The highest BCUT2D eigenvalue weighted by molar-refractivity contribution is 7.80. The summed E-state index contributed by atoms with van der Waals surface area (Å²) in [5.41, 5.74) is 2.32. The van der Waals surface area contributed by atoms with Gasteiger partial charge >= 0.3 is 0 Å². The van der Waals surface area contributed by atoms with Crippen molar-refractivity contribution in [2.75, 3.05) is 25.0 Å². The molecule has 1 heterocycles. The molecule has 19 heavy (non-hydrogen) atoms. The summed E-state index contributed by atoms with van der Waals surface area (Å²) in [5, 5.41) is 7.43. The van der Waals surface area contributed by atoms with Crippen LogP contribution in [0.4, 0.5) is 5.69 Å². The molecule has 0 bridgehead atoms. The summed E-state index contributed by atoms with van der Waals surface area (Å²) < 4.78 is 0. The molecule has 0 aromatic heterocycles. The van der Waals surface area contributed by atoms with Crippen molar-refractivity contribution in [2.24, 2.45) is 0 Å². The van der Waals surface area contributed by atoms with Crippen LogP contribution < -0.4 is 15.5 Å². The van der Waals surface area contributed by atoms with Crippen molar-refractivity contribution in [2.45, 2.75) is 32.7 Å². The third-order valence-corrected chi connectivity index (χ3v) is 4.06. The third-order valence-electron chi connectivity index (χ3n) is 3.84. The maximum absolute atomic E-state index is 5.38. The first-order valence-electron chi connectivity index (χ1n) is 7.15. The van der Waals surface area contributed by atoms with Crippen LogP contribution in [0.2, 0.25) is 0 Å². The first kappa shape index (κ1) is 14.3. The van der Waals surface area contributed by atoms with Crippen molar-refractivity contribution in [3.8, 4) is 0 Å². The van der Waals surface area contributed by atoms with Crippen LogP contribution >= 0.6 is 12.2 Å². The molecule has 2 rings (SSSR count). The number of piperidine rings is 1. The van der Waals surface area contributed by atoms with Crippen molar-refractivity contribution in [3.05, 3.63) is 29.8 Å². The van der Waals surface area contributed by atoms with Gasteiger partial charge in [0.05, 0.1) is 19.6 Å². The van der Waals surface area contributed by atoms with Gasteiger partial charge in [-0.25, -0.2) is 0 Å². The second-order valence-electron chi connectivity index (χ2n) is 5.34. The van der Waals surface area contributed by atoms with Gasteiger partial charge < -0.3 is 15.5 Å². The molecule has 1 aromatic carbocycles. The monoisotopic (exact) mass is 278 g/mol. The highest BCUT2D eigenvalue weighted by Gasteiger charge is 2.21. The van der Waals surface area contributed by atoms with Gasteiger partial charge in [-0.2, -0.15) is 0 Å². The molecule has 3 nitrogen and oxygen atoms in total. The zero-order valence-electron chi connectivity index (χ0n) is 11.8. The summed E-state index contributed by atoms with van der Waals surface area (Å²) in [6, 6.07) is 8.84. The molecule has 0 aliphatic carbocycles. The minimum absolute atomic E-state index is 0.528. The van der Waals surface area contributed by atoms with E-state index in [0.717, 1.165) is 10.8 Å². The van der Waals surface area contributed by atoms with Gasteiger partial charge in [0.1, 0.15) is 0 Å². The van der Waals surface area contributed by atoms with Gasteiger partial charge in [-0.1, -0.05) is 17.7 Å². The van der Waals surface area contributed by atoms with E-state index in [1.807, 2.05) is 0 Å². The van der Waals surface area contributed by atoms with Crippen molar-refractivity contribution in [1.29, 1.82) is 0 Å². The summed E-state index contributed by atoms with van der Waals surface area (Å²) >= 11 is 5.38. The standard InChI is InChI=1S/C15H23N3S/c1-3-18-10-8-14(9-11-18)17-15(19)16-13-6-4-12(2)5-7-13/h4-7,14H,3,8-11H2,1-2H3,(H2,16,17,19)/p+1. The lowest BCUT2D eigenvalue weighted by atomic mass is 10.1. The lowest BCUT2D eigenvalue weighted by Crippen LogP contribution is -3.13. The van der Waals surface area contributed by atoms with Crippen molar-refractivity contribution < 1.29 is 4.90 Å². The summed E-state index contributed by atoms with van der Waals surface area (Å²) in [6.45, 7) is 8.08. The molecule has 104 valence electrons. The average molecular weight is 278 g/mol.